The monoisotopic (exact) mass is 731 g/mol. The average molecular weight is 732 g/mol. The Kier molecular flexibility index (Phi) is 6.43. The van der Waals surface area contributed by atoms with Gasteiger partial charge < -0.3 is 4.42 Å². The molecule has 0 bridgehead atoms. The van der Waals surface area contributed by atoms with E-state index >= 15 is 0 Å². The van der Waals surface area contributed by atoms with E-state index in [-0.39, 0.29) is 10.8 Å². The van der Waals surface area contributed by atoms with E-state index in [1.54, 1.807) is 0 Å². The molecule has 0 N–H and O–H groups in total. The molecule has 2 aliphatic rings. The number of aromatic nitrogens is 3. The highest BCUT2D eigenvalue weighted by Gasteiger charge is 2.39. The minimum Gasteiger partial charge on any atom is -0.455 e. The van der Waals surface area contributed by atoms with Gasteiger partial charge >= 0.3 is 0 Å². The van der Waals surface area contributed by atoms with E-state index in [1.807, 2.05) is 24.3 Å². The van der Waals surface area contributed by atoms with Crippen LogP contribution in [0, 0.1) is 0 Å². The van der Waals surface area contributed by atoms with Crippen LogP contribution in [0.15, 0.2) is 156 Å². The van der Waals surface area contributed by atoms with Gasteiger partial charge in [-0.15, -0.1) is 0 Å². The molecule has 8 aromatic carbocycles. The molecule has 0 amide bonds. The second kappa shape index (κ2) is 11.3. The quantitative estimate of drug-likeness (QED) is 0.170. The van der Waals surface area contributed by atoms with Crippen LogP contribution in [-0.2, 0) is 10.8 Å². The number of hydrogen-bond acceptors (Lipinski definition) is 4. The summed E-state index contributed by atoms with van der Waals surface area (Å²) in [6, 6.07) is 54.3. The molecule has 0 aliphatic heterocycles. The molecule has 2 aromatic heterocycles. The van der Waals surface area contributed by atoms with Gasteiger partial charge in [-0.2, -0.15) is 0 Å². The maximum Gasteiger partial charge on any atom is 0.164 e. The highest BCUT2D eigenvalue weighted by Crippen LogP contribution is 2.55. The van der Waals surface area contributed by atoms with Crippen molar-refractivity contribution < 1.29 is 4.42 Å². The molecule has 4 nitrogen and oxygen atoms in total. The van der Waals surface area contributed by atoms with Gasteiger partial charge in [0.05, 0.1) is 0 Å². The number of rotatable bonds is 3. The van der Waals surface area contributed by atoms with Crippen molar-refractivity contribution in [3.63, 3.8) is 0 Å². The average Bonchev–Trinajstić information content (AvgIpc) is 3.83. The number of para-hydroxylation sites is 1. The van der Waals surface area contributed by atoms with E-state index < -0.39 is 0 Å². The van der Waals surface area contributed by atoms with Crippen LogP contribution in [0.3, 0.4) is 0 Å². The van der Waals surface area contributed by atoms with E-state index in [0.717, 1.165) is 44.2 Å². The maximum absolute atomic E-state index is 6.82. The lowest BCUT2D eigenvalue weighted by Crippen LogP contribution is -2.15. The zero-order chi connectivity index (χ0) is 38.2. The fourth-order valence-electron chi connectivity index (χ4n) is 10.0. The van der Waals surface area contributed by atoms with Crippen LogP contribution >= 0.6 is 0 Å². The lowest BCUT2D eigenvalue weighted by molar-refractivity contribution is 0.653. The Hall–Kier alpha value is -6.91. The van der Waals surface area contributed by atoms with Gasteiger partial charge in [0.2, 0.25) is 0 Å². The van der Waals surface area contributed by atoms with E-state index in [0.29, 0.717) is 17.5 Å². The first-order valence-electron chi connectivity index (χ1n) is 19.8. The van der Waals surface area contributed by atoms with Crippen LogP contribution in [0.1, 0.15) is 49.9 Å². The Morgan fingerprint density at radius 1 is 0.404 bits per heavy atom. The summed E-state index contributed by atoms with van der Waals surface area (Å²) < 4.78 is 6.82. The van der Waals surface area contributed by atoms with Gasteiger partial charge in [0.15, 0.2) is 17.5 Å². The van der Waals surface area contributed by atoms with Gasteiger partial charge in [0, 0.05) is 43.9 Å². The summed E-state index contributed by atoms with van der Waals surface area (Å²) in [4.78, 5) is 15.9. The Morgan fingerprint density at radius 2 is 1.02 bits per heavy atom. The molecule has 0 fully saturated rings. The van der Waals surface area contributed by atoms with Crippen molar-refractivity contribution in [2.75, 3.05) is 0 Å². The molecule has 0 saturated heterocycles. The summed E-state index contributed by atoms with van der Waals surface area (Å²) in [6.45, 7) is 9.29. The van der Waals surface area contributed by atoms with Gasteiger partial charge in [0.1, 0.15) is 11.2 Å². The first-order chi connectivity index (χ1) is 27.8. The van der Waals surface area contributed by atoms with Crippen molar-refractivity contribution in [1.82, 2.24) is 15.0 Å². The number of fused-ring (bicyclic) bond motifs is 14. The van der Waals surface area contributed by atoms with Crippen molar-refractivity contribution in [2.24, 2.45) is 0 Å². The number of benzene rings is 8. The van der Waals surface area contributed by atoms with Gasteiger partial charge in [0.25, 0.3) is 0 Å². The minimum atomic E-state index is -0.249. The lowest BCUT2D eigenvalue weighted by Gasteiger charge is -2.22. The molecule has 0 spiro atoms. The maximum atomic E-state index is 6.82. The van der Waals surface area contributed by atoms with Crippen molar-refractivity contribution in [3.05, 3.63) is 174 Å². The van der Waals surface area contributed by atoms with Gasteiger partial charge in [-0.25, -0.2) is 15.0 Å². The van der Waals surface area contributed by atoms with Gasteiger partial charge in [-0.05, 0) is 78.7 Å². The summed E-state index contributed by atoms with van der Waals surface area (Å²) in [7, 11) is 0. The standard InChI is InChI=1S/C53H37N3O/c1-52(2)40-19-11-8-16-35(40)45-34-25-24-30-22-23-32(28-38(30)33(34)26-27-42(45)52)50-54-49(31-14-6-5-7-15-31)55-51(56-50)39-29-43-47(36-17-9-12-20-41(36)53(43,3)4)48-46(39)37-18-10-13-21-44(37)57-48/h5-29H,1-4H3. The lowest BCUT2D eigenvalue weighted by atomic mass is 9.81. The summed E-state index contributed by atoms with van der Waals surface area (Å²) in [5.74, 6) is 1.89. The second-order valence-corrected chi connectivity index (χ2v) is 16.7. The van der Waals surface area contributed by atoms with Crippen molar-refractivity contribution in [3.8, 4) is 56.4 Å². The SMILES string of the molecule is CC1(C)c2ccccc2-c2c1ccc1c2ccc2ccc(-c3nc(-c4ccccc4)nc(-c4cc5c(c6oc7ccccc7c46)-c4ccccc4C5(C)C)n3)cc21. The van der Waals surface area contributed by atoms with Gasteiger partial charge in [-0.3, -0.25) is 0 Å². The zero-order valence-corrected chi connectivity index (χ0v) is 32.2. The third kappa shape index (κ3) is 4.41. The molecule has 270 valence electrons. The molecular weight excluding hydrogens is 695 g/mol. The van der Waals surface area contributed by atoms with Crippen LogP contribution in [0.2, 0.25) is 0 Å². The Bertz CT molecular complexity index is 3350. The predicted octanol–water partition coefficient (Wildman–Crippen LogP) is 13.7. The Labute approximate surface area is 330 Å². The molecule has 0 saturated carbocycles. The molecule has 57 heavy (non-hydrogen) atoms. The van der Waals surface area contributed by atoms with Crippen LogP contribution < -0.4 is 0 Å². The number of hydrogen-bond donors (Lipinski definition) is 0. The van der Waals surface area contributed by atoms with Gasteiger partial charge in [-0.1, -0.05) is 161 Å². The second-order valence-electron chi connectivity index (χ2n) is 16.7. The summed E-state index contributed by atoms with van der Waals surface area (Å²) in [5, 5.41) is 6.93. The Morgan fingerprint density at radius 3 is 1.81 bits per heavy atom. The smallest absolute Gasteiger partial charge is 0.164 e. The molecule has 0 atom stereocenters. The molecular formula is C53H37N3O. The highest BCUT2D eigenvalue weighted by atomic mass is 16.3. The molecule has 0 radical (unpaired) electrons. The molecule has 10 aromatic rings. The number of furan rings is 1. The largest absolute Gasteiger partial charge is 0.455 e. The van der Waals surface area contributed by atoms with E-state index in [2.05, 4.69) is 155 Å². The van der Waals surface area contributed by atoms with Crippen molar-refractivity contribution in [2.45, 2.75) is 38.5 Å². The van der Waals surface area contributed by atoms with Crippen LogP contribution in [0.5, 0.6) is 0 Å². The van der Waals surface area contributed by atoms with Crippen molar-refractivity contribution >= 4 is 43.5 Å². The normalized spacial score (nSPS) is 14.6. The molecule has 0 unspecified atom stereocenters. The summed E-state index contributed by atoms with van der Waals surface area (Å²) in [6.07, 6.45) is 0. The fraction of sp³-hybridized carbons (Fsp3) is 0.113. The first-order valence-corrected chi connectivity index (χ1v) is 19.8. The fourth-order valence-corrected chi connectivity index (χ4v) is 10.0. The zero-order valence-electron chi connectivity index (χ0n) is 32.2. The highest BCUT2D eigenvalue weighted by molar-refractivity contribution is 6.18. The van der Waals surface area contributed by atoms with Crippen LogP contribution in [0.25, 0.3) is 99.9 Å². The first kappa shape index (κ1) is 32.3. The third-order valence-electron chi connectivity index (χ3n) is 12.9. The van der Waals surface area contributed by atoms with Crippen LogP contribution in [-0.4, -0.2) is 15.0 Å². The minimum absolute atomic E-state index is 0.0622. The number of nitrogens with zero attached hydrogens (tertiary/aromatic N) is 3. The molecule has 12 rings (SSSR count). The molecule has 4 heteroatoms. The predicted molar refractivity (Wildman–Crippen MR) is 234 cm³/mol. The van der Waals surface area contributed by atoms with E-state index in [1.165, 1.54) is 60.5 Å². The topological polar surface area (TPSA) is 51.8 Å². The molecule has 2 heterocycles. The van der Waals surface area contributed by atoms with E-state index in [9.17, 15) is 0 Å². The summed E-state index contributed by atoms with van der Waals surface area (Å²) >= 11 is 0. The third-order valence-corrected chi connectivity index (χ3v) is 12.9. The Balaban J connectivity index is 1.12. The van der Waals surface area contributed by atoms with Crippen LogP contribution in [0.4, 0.5) is 0 Å². The summed E-state index contributed by atoms with van der Waals surface area (Å²) in [5.41, 5.74) is 14.5. The van der Waals surface area contributed by atoms with Crippen molar-refractivity contribution in [1.29, 1.82) is 0 Å². The molecule has 2 aliphatic carbocycles. The van der Waals surface area contributed by atoms with E-state index in [4.69, 9.17) is 19.4 Å².